The quantitative estimate of drug-likeness (QED) is 0.180. The van der Waals surface area contributed by atoms with E-state index in [4.69, 9.17) is 10.5 Å². The fraction of sp³-hybridized carbons (Fsp3) is 0.308. The third kappa shape index (κ3) is 6.98. The van der Waals surface area contributed by atoms with Crippen molar-refractivity contribution in [3.05, 3.63) is 72.6 Å². The number of nitrogens with two attached hydrogens (primary N) is 1. The molecular weight excluding hydrogens is 500 g/mol. The number of anilines is 2. The van der Waals surface area contributed by atoms with Crippen molar-refractivity contribution in [1.29, 1.82) is 0 Å². The summed E-state index contributed by atoms with van der Waals surface area (Å²) in [4.78, 5) is 40.6. The van der Waals surface area contributed by atoms with E-state index in [1.54, 1.807) is 29.3 Å². The zero-order valence-corrected chi connectivity index (χ0v) is 22.8. The van der Waals surface area contributed by atoms with Gasteiger partial charge in [0.1, 0.15) is 18.4 Å². The molecule has 3 N–H and O–H groups in total. The van der Waals surface area contributed by atoms with Gasteiger partial charge in [-0.1, -0.05) is 30.3 Å². The molecule has 3 heterocycles. The molecule has 1 aromatic carbocycles. The predicted molar refractivity (Wildman–Crippen MR) is 147 cm³/mol. The van der Waals surface area contributed by atoms with E-state index in [9.17, 15) is 9.59 Å². The number of benzene rings is 1. The van der Waals surface area contributed by atoms with Crippen LogP contribution in [0.2, 0.25) is 25.7 Å². The Kier molecular flexibility index (Phi) is 8.44. The molecule has 0 bridgehead atoms. The number of hydrogen-bond donors (Lipinski definition) is 2. The molecule has 0 aliphatic heterocycles. The second-order valence-corrected chi connectivity index (χ2v) is 15.7. The van der Waals surface area contributed by atoms with Gasteiger partial charge in [0, 0.05) is 25.5 Å². The number of nitrogen functional groups attached to an aromatic ring is 1. The lowest BCUT2D eigenvalue weighted by molar-refractivity contribution is -0.144. The van der Waals surface area contributed by atoms with Crippen molar-refractivity contribution in [3.8, 4) is 0 Å². The first-order chi connectivity index (χ1) is 18.2. The van der Waals surface area contributed by atoms with Crippen LogP contribution in [-0.2, 0) is 34.1 Å². The number of carbonyl (C=O) groups is 2. The van der Waals surface area contributed by atoms with Crippen molar-refractivity contribution >= 4 is 42.3 Å². The molecule has 12 heteroatoms. The maximum atomic E-state index is 13.4. The maximum absolute atomic E-state index is 13.4. The van der Waals surface area contributed by atoms with Gasteiger partial charge in [0.05, 0.1) is 35.5 Å². The zero-order chi connectivity index (χ0) is 27.1. The molecule has 4 rings (SSSR count). The number of amides is 2. The van der Waals surface area contributed by atoms with Crippen LogP contribution >= 0.6 is 0 Å². The average Bonchev–Trinajstić information content (AvgIpc) is 3.33. The Labute approximate surface area is 222 Å². The van der Waals surface area contributed by atoms with E-state index in [2.05, 4.69) is 45.0 Å². The van der Waals surface area contributed by atoms with Gasteiger partial charge in [0.2, 0.25) is 0 Å². The third-order valence-electron chi connectivity index (χ3n) is 5.81. The number of pyridine rings is 1. The van der Waals surface area contributed by atoms with Crippen LogP contribution in [0.5, 0.6) is 0 Å². The van der Waals surface area contributed by atoms with Crippen LogP contribution in [0.15, 0.2) is 61.2 Å². The van der Waals surface area contributed by atoms with Crippen molar-refractivity contribution in [2.24, 2.45) is 0 Å². The highest BCUT2D eigenvalue weighted by Gasteiger charge is 2.25. The highest BCUT2D eigenvalue weighted by molar-refractivity contribution is 6.76. The molecule has 0 aliphatic rings. The van der Waals surface area contributed by atoms with E-state index >= 15 is 0 Å². The van der Waals surface area contributed by atoms with Crippen molar-refractivity contribution in [2.75, 3.05) is 17.7 Å². The Bertz CT molecular complexity index is 1350. The fourth-order valence-electron chi connectivity index (χ4n) is 3.75. The minimum atomic E-state index is -1.25. The summed E-state index contributed by atoms with van der Waals surface area (Å²) < 4.78 is 7.46. The van der Waals surface area contributed by atoms with Crippen molar-refractivity contribution in [2.45, 2.75) is 45.5 Å². The lowest BCUT2D eigenvalue weighted by Gasteiger charge is -2.26. The lowest BCUT2D eigenvalue weighted by Crippen LogP contribution is -2.39. The molecule has 0 unspecified atom stereocenters. The summed E-state index contributed by atoms with van der Waals surface area (Å²) in [5.41, 5.74) is 7.78. The molecule has 38 heavy (non-hydrogen) atoms. The summed E-state index contributed by atoms with van der Waals surface area (Å²) in [7, 11) is -1.25. The molecule has 0 spiro atoms. The van der Waals surface area contributed by atoms with E-state index in [-0.39, 0.29) is 25.6 Å². The summed E-state index contributed by atoms with van der Waals surface area (Å²) in [6, 6.07) is 12.1. The van der Waals surface area contributed by atoms with Crippen molar-refractivity contribution in [1.82, 2.24) is 29.6 Å². The second kappa shape index (κ2) is 11.9. The van der Waals surface area contributed by atoms with Crippen LogP contribution in [-0.4, -0.2) is 56.1 Å². The minimum Gasteiger partial charge on any atom is -0.383 e. The monoisotopic (exact) mass is 532 g/mol. The number of aromatic nitrogens is 5. The summed E-state index contributed by atoms with van der Waals surface area (Å²) in [6.07, 6.45) is 6.19. The number of nitrogens with one attached hydrogen (secondary N) is 1. The van der Waals surface area contributed by atoms with Gasteiger partial charge in [-0.15, -0.1) is 14.1 Å². The second-order valence-electron chi connectivity index (χ2n) is 10.1. The normalized spacial score (nSPS) is 11.4. The summed E-state index contributed by atoms with van der Waals surface area (Å²) in [6.45, 7) is 7.91. The Hall–Kier alpha value is -4.16. The predicted octanol–water partition coefficient (Wildman–Crippen LogP) is 3.28. The number of rotatable bonds is 10. The molecule has 2 amide bonds. The molecule has 4 aromatic rings. The Morgan fingerprint density at radius 1 is 1.03 bits per heavy atom. The van der Waals surface area contributed by atoms with Gasteiger partial charge in [-0.05, 0) is 11.6 Å². The summed E-state index contributed by atoms with van der Waals surface area (Å²) >= 11 is 0. The van der Waals surface area contributed by atoms with E-state index in [0.717, 1.165) is 11.6 Å². The maximum Gasteiger partial charge on any atom is 0.314 e. The molecule has 0 saturated carbocycles. The van der Waals surface area contributed by atoms with E-state index < -0.39 is 19.9 Å². The van der Waals surface area contributed by atoms with Gasteiger partial charge in [-0.25, -0.2) is 19.6 Å². The highest BCUT2D eigenvalue weighted by Crippen LogP contribution is 2.26. The van der Waals surface area contributed by atoms with Crippen LogP contribution in [0.25, 0.3) is 10.9 Å². The Balaban J connectivity index is 1.54. The molecular formula is C26H32N8O3Si-. The average molecular weight is 533 g/mol. The van der Waals surface area contributed by atoms with Crippen molar-refractivity contribution < 1.29 is 14.3 Å². The van der Waals surface area contributed by atoms with Crippen LogP contribution in [0.3, 0.4) is 0 Å². The number of ether oxygens (including phenoxy) is 1. The number of hydrogen-bond acceptors (Lipinski definition) is 8. The van der Waals surface area contributed by atoms with Crippen LogP contribution in [0.4, 0.5) is 11.5 Å². The number of fused-ring (bicyclic) bond motifs is 1. The molecule has 0 atom stereocenters. The first-order valence-electron chi connectivity index (χ1n) is 12.3. The lowest BCUT2D eigenvalue weighted by atomic mass is 10.2. The van der Waals surface area contributed by atoms with E-state index in [1.165, 1.54) is 11.1 Å². The smallest absolute Gasteiger partial charge is 0.314 e. The van der Waals surface area contributed by atoms with Gasteiger partial charge < -0.3 is 20.7 Å². The zero-order valence-electron chi connectivity index (χ0n) is 21.8. The standard InChI is InChI=1S/C26H32N8O3Si/c1-38(2,3)13-12-37-18-34-23-20(14-31-34)24(27)30-15-21(23)32-25(35)26(36)33(16-19-8-5-4-6-9-19)17-22-28-10-7-11-29-22/h4-11,14-15H,12-13,16-18H2,1-3H3,(H2,27,30)(H,32,35)/q-1. The van der Waals surface area contributed by atoms with Gasteiger partial charge in [0.25, 0.3) is 0 Å². The first kappa shape index (κ1) is 26.9. The van der Waals surface area contributed by atoms with Crippen LogP contribution in [0, 0.1) is 0 Å². The molecule has 0 radical (unpaired) electrons. The third-order valence-corrected chi connectivity index (χ3v) is 7.51. The number of carbonyl (C=O) groups excluding carboxylic acids is 2. The Morgan fingerprint density at radius 3 is 2.47 bits per heavy atom. The van der Waals surface area contributed by atoms with Gasteiger partial charge in [-0.3, -0.25) is 9.59 Å². The molecule has 3 aromatic heterocycles. The van der Waals surface area contributed by atoms with Gasteiger partial charge >= 0.3 is 11.8 Å². The SMILES string of the molecule is C[Si-](C)(C)CCOCn1ncc2c(N)ncc(NC(=O)C(=O)N(Cc3ccccc3)Cc3ncccn3)c21. The molecule has 0 aliphatic carbocycles. The van der Waals surface area contributed by atoms with Crippen molar-refractivity contribution in [3.63, 3.8) is 0 Å². The van der Waals surface area contributed by atoms with Gasteiger partial charge in [0.15, 0.2) is 0 Å². The molecule has 199 valence electrons. The summed E-state index contributed by atoms with van der Waals surface area (Å²) in [5.74, 6) is -0.861. The van der Waals surface area contributed by atoms with E-state index in [0.29, 0.717) is 29.0 Å². The number of nitrogens with zero attached hydrogens (tertiary/aromatic N) is 6. The van der Waals surface area contributed by atoms with Crippen LogP contribution in [0.1, 0.15) is 11.4 Å². The van der Waals surface area contributed by atoms with Crippen LogP contribution < -0.4 is 11.1 Å². The molecule has 0 fully saturated rings. The minimum absolute atomic E-state index is 0.0697. The first-order valence-corrected chi connectivity index (χ1v) is 16.0. The molecule has 0 saturated heterocycles. The topological polar surface area (TPSA) is 141 Å². The van der Waals surface area contributed by atoms with E-state index in [1.807, 2.05) is 30.3 Å². The molecule has 11 nitrogen and oxygen atoms in total. The highest BCUT2D eigenvalue weighted by atomic mass is 28.3. The fourth-order valence-corrected chi connectivity index (χ4v) is 4.50. The largest absolute Gasteiger partial charge is 0.383 e. The Morgan fingerprint density at radius 2 is 1.76 bits per heavy atom. The van der Waals surface area contributed by atoms with Gasteiger partial charge in [-0.2, -0.15) is 24.7 Å². The summed E-state index contributed by atoms with van der Waals surface area (Å²) in [5, 5.41) is 7.63.